The number of benzene rings is 2. The molecule has 0 unspecified atom stereocenters. The fraction of sp³-hybridized carbons (Fsp3) is 0.286. The third-order valence-corrected chi connectivity index (χ3v) is 4.19. The summed E-state index contributed by atoms with van der Waals surface area (Å²) in [5.74, 6) is 7.05. The summed E-state index contributed by atoms with van der Waals surface area (Å²) in [5, 5.41) is 0. The Morgan fingerprint density at radius 3 is 2.00 bits per heavy atom. The molecule has 0 amide bonds. The molecule has 2 aromatic carbocycles. The van der Waals surface area contributed by atoms with Crippen molar-refractivity contribution in [3.63, 3.8) is 0 Å². The smallest absolute Gasteiger partial charge is 0.0777 e. The van der Waals surface area contributed by atoms with Crippen molar-refractivity contribution >= 4 is 27.8 Å². The van der Waals surface area contributed by atoms with Crippen LogP contribution in [0.4, 0.5) is 5.69 Å². The Balaban J connectivity index is 2.30. The first-order valence-corrected chi connectivity index (χ1v) is 8.70. The highest BCUT2D eigenvalue weighted by atomic mass is 79.9. The van der Waals surface area contributed by atoms with E-state index in [9.17, 15) is 0 Å². The summed E-state index contributed by atoms with van der Waals surface area (Å²) in [5.41, 5.74) is 4.61. The Labute approximate surface area is 148 Å². The van der Waals surface area contributed by atoms with Gasteiger partial charge in [0.25, 0.3) is 0 Å². The molecule has 2 heteroatoms. The molecule has 2 rings (SSSR count). The molecule has 0 saturated heterocycles. The number of nitrogens with zero attached hydrogens (tertiary/aromatic N) is 1. The van der Waals surface area contributed by atoms with Crippen LogP contribution in [0.2, 0.25) is 0 Å². The number of hydrogen-bond acceptors (Lipinski definition) is 1. The molecule has 118 valence electrons. The maximum atomic E-state index is 4.67. The lowest BCUT2D eigenvalue weighted by Gasteiger charge is -2.15. The topological polar surface area (TPSA) is 12.4 Å². The van der Waals surface area contributed by atoms with Crippen molar-refractivity contribution in [2.45, 2.75) is 39.5 Å². The maximum Gasteiger partial charge on any atom is 0.0777 e. The van der Waals surface area contributed by atoms with Crippen molar-refractivity contribution in [3.8, 4) is 11.8 Å². The van der Waals surface area contributed by atoms with Crippen LogP contribution in [0.15, 0.2) is 51.9 Å². The Bertz CT molecular complexity index is 717. The predicted octanol–water partition coefficient (Wildman–Crippen LogP) is 6.45. The van der Waals surface area contributed by atoms with E-state index in [1.165, 1.54) is 11.1 Å². The second-order valence-electron chi connectivity index (χ2n) is 6.13. The van der Waals surface area contributed by atoms with Gasteiger partial charge in [0.1, 0.15) is 0 Å². The highest BCUT2D eigenvalue weighted by Crippen LogP contribution is 2.34. The molecule has 0 heterocycles. The van der Waals surface area contributed by atoms with Gasteiger partial charge < -0.3 is 0 Å². The normalized spacial score (nSPS) is 11.1. The van der Waals surface area contributed by atoms with E-state index in [1.54, 1.807) is 6.21 Å². The third-order valence-electron chi connectivity index (χ3n) is 3.66. The van der Waals surface area contributed by atoms with Crippen molar-refractivity contribution in [2.75, 3.05) is 0 Å². The summed E-state index contributed by atoms with van der Waals surface area (Å²) in [7, 11) is 0. The first-order chi connectivity index (χ1) is 11.0. The summed E-state index contributed by atoms with van der Waals surface area (Å²) in [6.07, 6.45) is 1.72. The van der Waals surface area contributed by atoms with Gasteiger partial charge in [-0.1, -0.05) is 67.7 Å². The minimum absolute atomic E-state index is 0.445. The van der Waals surface area contributed by atoms with Crippen LogP contribution < -0.4 is 0 Å². The molecule has 0 radical (unpaired) electrons. The van der Waals surface area contributed by atoms with Crippen molar-refractivity contribution in [1.29, 1.82) is 0 Å². The molecule has 0 aliphatic rings. The van der Waals surface area contributed by atoms with Crippen LogP contribution in [0.5, 0.6) is 0 Å². The minimum atomic E-state index is 0.445. The Morgan fingerprint density at radius 1 is 0.913 bits per heavy atom. The molecule has 0 aliphatic heterocycles. The van der Waals surface area contributed by atoms with Crippen molar-refractivity contribution in [1.82, 2.24) is 0 Å². The molecule has 0 spiro atoms. The van der Waals surface area contributed by atoms with Crippen molar-refractivity contribution < 1.29 is 0 Å². The van der Waals surface area contributed by atoms with Crippen molar-refractivity contribution in [3.05, 3.63) is 63.6 Å². The number of hydrogen-bond donors (Lipinski definition) is 0. The van der Waals surface area contributed by atoms with Gasteiger partial charge in [-0.15, -0.1) is 0 Å². The average Bonchev–Trinajstić information content (AvgIpc) is 2.52. The van der Waals surface area contributed by atoms with Gasteiger partial charge in [0.15, 0.2) is 0 Å². The summed E-state index contributed by atoms with van der Waals surface area (Å²) in [6, 6.07) is 14.4. The molecule has 0 saturated carbocycles. The van der Waals surface area contributed by atoms with E-state index in [4.69, 9.17) is 0 Å². The van der Waals surface area contributed by atoms with Gasteiger partial charge in [-0.3, -0.25) is 0 Å². The van der Waals surface area contributed by atoms with Gasteiger partial charge in [0.2, 0.25) is 0 Å². The highest BCUT2D eigenvalue weighted by Gasteiger charge is 2.12. The van der Waals surface area contributed by atoms with Crippen LogP contribution in [0, 0.1) is 11.8 Å². The van der Waals surface area contributed by atoms with Crippen LogP contribution in [-0.4, -0.2) is 6.21 Å². The first-order valence-electron chi connectivity index (χ1n) is 7.91. The van der Waals surface area contributed by atoms with Gasteiger partial charge in [0, 0.05) is 10.0 Å². The zero-order chi connectivity index (χ0) is 16.8. The molecular weight excluding hydrogens is 346 g/mol. The lowest BCUT2D eigenvalue weighted by atomic mass is 9.93. The van der Waals surface area contributed by atoms with E-state index in [0.717, 1.165) is 15.7 Å². The van der Waals surface area contributed by atoms with Gasteiger partial charge in [-0.2, -0.15) is 0 Å². The summed E-state index contributed by atoms with van der Waals surface area (Å²) in [6.45, 7) is 8.80. The second-order valence-corrected chi connectivity index (χ2v) is 7.04. The predicted molar refractivity (Wildman–Crippen MR) is 104 cm³/mol. The zero-order valence-corrected chi connectivity index (χ0v) is 15.7. The molecule has 23 heavy (non-hydrogen) atoms. The Hall–Kier alpha value is -1.85. The van der Waals surface area contributed by atoms with Crippen LogP contribution in [-0.2, 0) is 0 Å². The van der Waals surface area contributed by atoms with Crippen LogP contribution in [0.25, 0.3) is 0 Å². The summed E-state index contributed by atoms with van der Waals surface area (Å²) in [4.78, 5) is 4.67. The molecule has 0 aromatic heterocycles. The van der Waals surface area contributed by atoms with E-state index < -0.39 is 0 Å². The Kier molecular flexibility index (Phi) is 6.19. The second kappa shape index (κ2) is 8.13. The monoisotopic (exact) mass is 367 g/mol. The van der Waals surface area contributed by atoms with Crippen LogP contribution in [0.1, 0.15) is 56.2 Å². The molecule has 0 fully saturated rings. The summed E-state index contributed by atoms with van der Waals surface area (Å²) < 4.78 is 1.06. The van der Waals surface area contributed by atoms with Gasteiger partial charge >= 0.3 is 0 Å². The van der Waals surface area contributed by atoms with E-state index in [2.05, 4.69) is 78.7 Å². The average molecular weight is 368 g/mol. The minimum Gasteiger partial charge on any atom is -0.247 e. The lowest BCUT2D eigenvalue weighted by molar-refractivity contribution is 0.835. The molecule has 0 atom stereocenters. The van der Waals surface area contributed by atoms with E-state index >= 15 is 0 Å². The number of para-hydroxylation sites is 1. The largest absolute Gasteiger partial charge is 0.247 e. The summed E-state index contributed by atoms with van der Waals surface area (Å²) >= 11 is 3.43. The van der Waals surface area contributed by atoms with E-state index in [1.807, 2.05) is 24.3 Å². The van der Waals surface area contributed by atoms with Crippen molar-refractivity contribution in [2.24, 2.45) is 4.99 Å². The standard InChI is InChI=1S/C21H22BrN/c1-15(2)19-8-5-9-20(16(3)4)21(19)23-14-6-7-17-10-12-18(22)13-11-17/h5,8-16H,1-4H3. The first kappa shape index (κ1) is 17.5. The third kappa shape index (κ3) is 4.81. The molecule has 2 aromatic rings. The highest BCUT2D eigenvalue weighted by molar-refractivity contribution is 9.10. The lowest BCUT2D eigenvalue weighted by Crippen LogP contribution is -1.95. The SMILES string of the molecule is CC(C)c1cccc(C(C)C)c1N=CC#Cc1ccc(Br)cc1. The van der Waals surface area contributed by atoms with Gasteiger partial charge in [-0.25, -0.2) is 4.99 Å². The maximum absolute atomic E-state index is 4.67. The van der Waals surface area contributed by atoms with Crippen LogP contribution >= 0.6 is 15.9 Å². The van der Waals surface area contributed by atoms with Gasteiger partial charge in [0.05, 0.1) is 11.9 Å². The number of aliphatic imine (C=N–C) groups is 1. The molecule has 0 N–H and O–H groups in total. The zero-order valence-electron chi connectivity index (χ0n) is 14.1. The van der Waals surface area contributed by atoms with E-state index in [-0.39, 0.29) is 0 Å². The Morgan fingerprint density at radius 2 is 1.48 bits per heavy atom. The fourth-order valence-electron chi connectivity index (χ4n) is 2.41. The number of rotatable bonds is 3. The molecule has 0 aliphatic carbocycles. The quantitative estimate of drug-likeness (QED) is 0.436. The molecule has 1 nitrogen and oxygen atoms in total. The molecular formula is C21H22BrN. The van der Waals surface area contributed by atoms with E-state index in [0.29, 0.717) is 11.8 Å². The van der Waals surface area contributed by atoms with Gasteiger partial charge in [-0.05, 0) is 53.1 Å². The fourth-order valence-corrected chi connectivity index (χ4v) is 2.67. The number of halogens is 1. The molecule has 0 bridgehead atoms. The van der Waals surface area contributed by atoms with Crippen LogP contribution in [0.3, 0.4) is 0 Å².